The van der Waals surface area contributed by atoms with E-state index in [2.05, 4.69) is 20.7 Å². The maximum absolute atomic E-state index is 11.7. The van der Waals surface area contributed by atoms with Gasteiger partial charge in [0.15, 0.2) is 0 Å². The molecule has 0 atom stereocenters. The molecule has 1 rings (SSSR count). The fraction of sp³-hybridized carbons (Fsp3) is 0.500. The van der Waals surface area contributed by atoms with E-state index in [9.17, 15) is 8.42 Å². The summed E-state index contributed by atoms with van der Waals surface area (Å²) >= 11 is 3.46. The average molecular weight is 320 g/mol. The zero-order chi connectivity index (χ0) is 13.1. The van der Waals surface area contributed by atoms with E-state index in [4.69, 9.17) is 0 Å². The van der Waals surface area contributed by atoms with E-state index in [0.29, 0.717) is 12.1 Å². The van der Waals surface area contributed by atoms with Crippen molar-refractivity contribution < 1.29 is 8.42 Å². The van der Waals surface area contributed by atoms with Crippen LogP contribution in [0.4, 0.5) is 5.69 Å². The van der Waals surface area contributed by atoms with Crippen molar-refractivity contribution in [2.24, 2.45) is 0 Å². The lowest BCUT2D eigenvalue weighted by Crippen LogP contribution is -2.16. The van der Waals surface area contributed by atoms with Gasteiger partial charge in [0.25, 0.3) is 0 Å². The Hall–Kier alpha value is -0.550. The number of benzene rings is 1. The highest BCUT2D eigenvalue weighted by atomic mass is 79.9. The first-order chi connectivity index (χ1) is 7.85. The van der Waals surface area contributed by atoms with Gasteiger partial charge in [0.05, 0.1) is 5.75 Å². The number of aryl methyl sites for hydroxylation is 2. The van der Waals surface area contributed by atoms with Gasteiger partial charge >= 0.3 is 0 Å². The van der Waals surface area contributed by atoms with Crippen molar-refractivity contribution in [1.82, 2.24) is 0 Å². The molecule has 0 fully saturated rings. The molecule has 0 radical (unpaired) electrons. The molecule has 0 saturated carbocycles. The summed E-state index contributed by atoms with van der Waals surface area (Å²) in [5.74, 6) is 0.178. The van der Waals surface area contributed by atoms with Gasteiger partial charge < -0.3 is 0 Å². The molecule has 0 spiro atoms. The van der Waals surface area contributed by atoms with Gasteiger partial charge in [-0.15, -0.1) is 0 Å². The number of hydrogen-bond acceptors (Lipinski definition) is 2. The minimum absolute atomic E-state index is 0.178. The molecule has 0 aliphatic rings. The highest BCUT2D eigenvalue weighted by Crippen LogP contribution is 2.25. The van der Waals surface area contributed by atoms with E-state index in [1.54, 1.807) is 0 Å². The second-order valence-electron chi connectivity index (χ2n) is 4.20. The molecular formula is C12H18BrNO2S. The van der Waals surface area contributed by atoms with Gasteiger partial charge in [0, 0.05) is 10.2 Å². The van der Waals surface area contributed by atoms with Crippen molar-refractivity contribution in [2.75, 3.05) is 10.5 Å². The summed E-state index contributed by atoms with van der Waals surface area (Å²) < 4.78 is 27.1. The lowest BCUT2D eigenvalue weighted by atomic mass is 10.1. The number of anilines is 1. The first-order valence-corrected chi connectivity index (χ1v) is 8.07. The van der Waals surface area contributed by atoms with Crippen molar-refractivity contribution in [3.63, 3.8) is 0 Å². The van der Waals surface area contributed by atoms with Crippen LogP contribution < -0.4 is 4.72 Å². The SMILES string of the molecule is CCCCS(=O)(=O)Nc1cc(C)c(Br)c(C)c1. The molecule has 17 heavy (non-hydrogen) atoms. The zero-order valence-electron chi connectivity index (χ0n) is 10.4. The molecule has 96 valence electrons. The van der Waals surface area contributed by atoms with Gasteiger partial charge in [-0.3, -0.25) is 4.72 Å². The Kier molecular flexibility index (Phi) is 5.01. The van der Waals surface area contributed by atoms with Crippen LogP contribution in [0, 0.1) is 13.8 Å². The molecule has 0 saturated heterocycles. The van der Waals surface area contributed by atoms with Crippen molar-refractivity contribution in [2.45, 2.75) is 33.6 Å². The summed E-state index contributed by atoms with van der Waals surface area (Å²) in [6.07, 6.45) is 1.56. The molecule has 0 unspecified atom stereocenters. The standard InChI is InChI=1S/C12H18BrNO2S/c1-4-5-6-17(15,16)14-11-7-9(2)12(13)10(3)8-11/h7-8,14H,4-6H2,1-3H3. The van der Waals surface area contributed by atoms with Crippen LogP contribution in [0.15, 0.2) is 16.6 Å². The predicted octanol–water partition coefficient (Wildman–Crippen LogP) is 3.61. The molecule has 1 aromatic carbocycles. The number of halogens is 1. The van der Waals surface area contributed by atoms with Crippen LogP contribution in [0.3, 0.4) is 0 Å². The van der Waals surface area contributed by atoms with Crippen LogP contribution in [0.5, 0.6) is 0 Å². The van der Waals surface area contributed by atoms with E-state index >= 15 is 0 Å². The number of rotatable bonds is 5. The van der Waals surface area contributed by atoms with Crippen LogP contribution in [0.25, 0.3) is 0 Å². The molecule has 3 nitrogen and oxygen atoms in total. The average Bonchev–Trinajstić information content (AvgIpc) is 2.22. The second-order valence-corrected chi connectivity index (χ2v) is 6.83. The zero-order valence-corrected chi connectivity index (χ0v) is 12.8. The van der Waals surface area contributed by atoms with Crippen molar-refractivity contribution in [3.05, 3.63) is 27.7 Å². The van der Waals surface area contributed by atoms with E-state index < -0.39 is 10.0 Å². The third-order valence-electron chi connectivity index (χ3n) is 2.48. The predicted molar refractivity (Wildman–Crippen MR) is 75.9 cm³/mol. The van der Waals surface area contributed by atoms with Gasteiger partial charge in [-0.05, 0) is 43.5 Å². The van der Waals surface area contributed by atoms with E-state index in [1.165, 1.54) is 0 Å². The Morgan fingerprint density at radius 2 is 1.76 bits per heavy atom. The lowest BCUT2D eigenvalue weighted by Gasteiger charge is -2.11. The molecule has 0 aliphatic heterocycles. The minimum Gasteiger partial charge on any atom is -0.284 e. The largest absolute Gasteiger partial charge is 0.284 e. The molecule has 5 heteroatoms. The van der Waals surface area contributed by atoms with Gasteiger partial charge in [0.2, 0.25) is 10.0 Å². The number of sulfonamides is 1. The van der Waals surface area contributed by atoms with Crippen LogP contribution in [0.2, 0.25) is 0 Å². The quantitative estimate of drug-likeness (QED) is 0.901. The fourth-order valence-corrected chi connectivity index (χ4v) is 3.05. The van der Waals surface area contributed by atoms with Crippen LogP contribution in [-0.4, -0.2) is 14.2 Å². The lowest BCUT2D eigenvalue weighted by molar-refractivity contribution is 0.598. The van der Waals surface area contributed by atoms with Crippen LogP contribution in [0.1, 0.15) is 30.9 Å². The third kappa shape index (κ3) is 4.32. The number of nitrogens with one attached hydrogen (secondary N) is 1. The Balaban J connectivity index is 2.89. The smallest absolute Gasteiger partial charge is 0.232 e. The number of unbranched alkanes of at least 4 members (excludes halogenated alkanes) is 1. The Morgan fingerprint density at radius 1 is 1.24 bits per heavy atom. The summed E-state index contributed by atoms with van der Waals surface area (Å²) in [4.78, 5) is 0. The fourth-order valence-electron chi connectivity index (χ4n) is 1.57. The monoisotopic (exact) mass is 319 g/mol. The van der Waals surface area contributed by atoms with Crippen LogP contribution in [-0.2, 0) is 10.0 Å². The number of hydrogen-bond donors (Lipinski definition) is 1. The highest BCUT2D eigenvalue weighted by Gasteiger charge is 2.11. The molecule has 1 aromatic rings. The molecular weight excluding hydrogens is 302 g/mol. The van der Waals surface area contributed by atoms with Gasteiger partial charge in [-0.25, -0.2) is 8.42 Å². The molecule has 0 amide bonds. The first-order valence-electron chi connectivity index (χ1n) is 5.63. The van der Waals surface area contributed by atoms with Crippen molar-refractivity contribution in [1.29, 1.82) is 0 Å². The van der Waals surface area contributed by atoms with Crippen molar-refractivity contribution >= 4 is 31.6 Å². The maximum Gasteiger partial charge on any atom is 0.232 e. The summed E-state index contributed by atoms with van der Waals surface area (Å²) in [6, 6.07) is 3.67. The summed E-state index contributed by atoms with van der Waals surface area (Å²) in [5.41, 5.74) is 2.69. The third-order valence-corrected chi connectivity index (χ3v) is 5.10. The Morgan fingerprint density at radius 3 is 2.24 bits per heavy atom. The van der Waals surface area contributed by atoms with Crippen LogP contribution >= 0.6 is 15.9 Å². The Labute approximate surface area is 112 Å². The maximum atomic E-state index is 11.7. The topological polar surface area (TPSA) is 46.2 Å². The summed E-state index contributed by atoms with van der Waals surface area (Å²) in [5, 5.41) is 0. The van der Waals surface area contributed by atoms with E-state index in [0.717, 1.165) is 22.0 Å². The summed E-state index contributed by atoms with van der Waals surface area (Å²) in [6.45, 7) is 5.87. The van der Waals surface area contributed by atoms with E-state index in [1.807, 2.05) is 32.9 Å². The Bertz CT molecular complexity index is 474. The normalized spacial score (nSPS) is 11.5. The molecule has 0 bridgehead atoms. The van der Waals surface area contributed by atoms with Gasteiger partial charge in [-0.2, -0.15) is 0 Å². The first kappa shape index (κ1) is 14.5. The molecule has 0 aromatic heterocycles. The highest BCUT2D eigenvalue weighted by molar-refractivity contribution is 9.10. The summed E-state index contributed by atoms with van der Waals surface area (Å²) in [7, 11) is -3.21. The van der Waals surface area contributed by atoms with Gasteiger partial charge in [-0.1, -0.05) is 29.3 Å². The molecule has 0 heterocycles. The minimum atomic E-state index is -3.21. The second kappa shape index (κ2) is 5.87. The van der Waals surface area contributed by atoms with E-state index in [-0.39, 0.29) is 5.75 Å². The molecule has 1 N–H and O–H groups in total. The van der Waals surface area contributed by atoms with Crippen molar-refractivity contribution in [3.8, 4) is 0 Å². The molecule has 0 aliphatic carbocycles. The van der Waals surface area contributed by atoms with Gasteiger partial charge in [0.1, 0.15) is 0 Å².